The SMILES string of the molecule is CCC(CCl)(CCl)NCC1Cc2ccccc21. The van der Waals surface area contributed by atoms with Gasteiger partial charge in [-0.2, -0.15) is 0 Å². The largest absolute Gasteiger partial charge is 0.308 e. The number of hydrogen-bond donors (Lipinski definition) is 1. The number of fused-ring (bicyclic) bond motifs is 1. The third-order valence-corrected chi connectivity index (χ3v) is 4.90. The van der Waals surface area contributed by atoms with Gasteiger partial charge in [-0.1, -0.05) is 31.2 Å². The molecular formula is C14H19Cl2N. The van der Waals surface area contributed by atoms with Crippen LogP contribution in [-0.2, 0) is 6.42 Å². The molecule has 1 aliphatic rings. The van der Waals surface area contributed by atoms with Crippen molar-refractivity contribution in [2.24, 2.45) is 0 Å². The zero-order valence-corrected chi connectivity index (χ0v) is 11.7. The summed E-state index contributed by atoms with van der Waals surface area (Å²) in [6, 6.07) is 8.65. The molecule has 2 rings (SSSR count). The predicted molar refractivity (Wildman–Crippen MR) is 75.4 cm³/mol. The molecule has 0 heterocycles. The summed E-state index contributed by atoms with van der Waals surface area (Å²) in [5.74, 6) is 1.77. The zero-order chi connectivity index (χ0) is 12.3. The second kappa shape index (κ2) is 5.60. The van der Waals surface area contributed by atoms with E-state index in [1.165, 1.54) is 17.5 Å². The van der Waals surface area contributed by atoms with Gasteiger partial charge in [0.1, 0.15) is 0 Å². The first-order chi connectivity index (χ1) is 8.24. The summed E-state index contributed by atoms with van der Waals surface area (Å²) in [7, 11) is 0. The van der Waals surface area contributed by atoms with E-state index in [1.807, 2.05) is 0 Å². The molecule has 0 saturated heterocycles. The fourth-order valence-electron chi connectivity index (χ4n) is 2.33. The lowest BCUT2D eigenvalue weighted by molar-refractivity contribution is 0.363. The van der Waals surface area contributed by atoms with E-state index in [2.05, 4.69) is 36.5 Å². The normalized spacial score (nSPS) is 18.6. The highest BCUT2D eigenvalue weighted by atomic mass is 35.5. The average molecular weight is 272 g/mol. The van der Waals surface area contributed by atoms with E-state index in [9.17, 15) is 0 Å². The van der Waals surface area contributed by atoms with Gasteiger partial charge in [0.25, 0.3) is 0 Å². The Morgan fingerprint density at radius 2 is 2.00 bits per heavy atom. The Kier molecular flexibility index (Phi) is 4.35. The summed E-state index contributed by atoms with van der Waals surface area (Å²) in [4.78, 5) is 0. The molecule has 0 bridgehead atoms. The van der Waals surface area contributed by atoms with E-state index >= 15 is 0 Å². The van der Waals surface area contributed by atoms with Crippen molar-refractivity contribution < 1.29 is 0 Å². The van der Waals surface area contributed by atoms with Gasteiger partial charge in [-0.15, -0.1) is 23.2 Å². The molecule has 3 heteroatoms. The van der Waals surface area contributed by atoms with Crippen molar-refractivity contribution in [1.29, 1.82) is 0 Å². The third kappa shape index (κ3) is 2.62. The van der Waals surface area contributed by atoms with Gasteiger partial charge < -0.3 is 5.32 Å². The van der Waals surface area contributed by atoms with E-state index in [4.69, 9.17) is 23.2 Å². The molecule has 1 nitrogen and oxygen atoms in total. The van der Waals surface area contributed by atoms with Crippen molar-refractivity contribution in [1.82, 2.24) is 5.32 Å². The maximum Gasteiger partial charge on any atom is 0.0451 e. The average Bonchev–Trinajstić information content (AvgIpc) is 2.36. The first-order valence-corrected chi connectivity index (χ1v) is 7.26. The van der Waals surface area contributed by atoms with Crippen LogP contribution in [0, 0.1) is 0 Å². The van der Waals surface area contributed by atoms with Crippen LogP contribution in [-0.4, -0.2) is 23.8 Å². The van der Waals surface area contributed by atoms with E-state index in [-0.39, 0.29) is 5.54 Å². The van der Waals surface area contributed by atoms with E-state index in [1.54, 1.807) is 0 Å². The van der Waals surface area contributed by atoms with Crippen molar-refractivity contribution in [2.45, 2.75) is 31.2 Å². The van der Waals surface area contributed by atoms with Gasteiger partial charge in [-0.05, 0) is 24.0 Å². The third-order valence-electron chi connectivity index (χ3n) is 3.87. The second-order valence-electron chi connectivity index (χ2n) is 4.88. The van der Waals surface area contributed by atoms with Crippen LogP contribution in [0.2, 0.25) is 0 Å². The number of halogens is 2. The van der Waals surface area contributed by atoms with Crippen LogP contribution in [0.3, 0.4) is 0 Å². The molecule has 0 spiro atoms. The molecule has 1 N–H and O–H groups in total. The Labute approximate surface area is 114 Å². The van der Waals surface area contributed by atoms with Crippen LogP contribution < -0.4 is 5.32 Å². The first-order valence-electron chi connectivity index (χ1n) is 6.19. The smallest absolute Gasteiger partial charge is 0.0451 e. The number of alkyl halides is 2. The Hall–Kier alpha value is -0.240. The van der Waals surface area contributed by atoms with E-state index in [0.29, 0.717) is 17.7 Å². The monoisotopic (exact) mass is 271 g/mol. The van der Waals surface area contributed by atoms with Gasteiger partial charge in [0, 0.05) is 29.8 Å². The molecule has 0 saturated carbocycles. The van der Waals surface area contributed by atoms with Gasteiger partial charge >= 0.3 is 0 Å². The maximum absolute atomic E-state index is 6.02. The molecule has 94 valence electrons. The first kappa shape index (κ1) is 13.2. The number of nitrogens with one attached hydrogen (secondary N) is 1. The van der Waals surface area contributed by atoms with Crippen LogP contribution in [0.15, 0.2) is 24.3 Å². The molecule has 0 radical (unpaired) electrons. The Morgan fingerprint density at radius 3 is 2.59 bits per heavy atom. The molecule has 0 aromatic heterocycles. The Balaban J connectivity index is 1.92. The molecule has 1 aliphatic carbocycles. The van der Waals surface area contributed by atoms with Crippen molar-refractivity contribution in [3.8, 4) is 0 Å². The highest BCUT2D eigenvalue weighted by molar-refractivity contribution is 6.22. The molecule has 0 aliphatic heterocycles. The lowest BCUT2D eigenvalue weighted by Gasteiger charge is -2.36. The van der Waals surface area contributed by atoms with Crippen molar-refractivity contribution >= 4 is 23.2 Å². The highest BCUT2D eigenvalue weighted by Gasteiger charge is 2.30. The van der Waals surface area contributed by atoms with Gasteiger partial charge in [-0.25, -0.2) is 0 Å². The van der Waals surface area contributed by atoms with E-state index in [0.717, 1.165) is 13.0 Å². The molecular weight excluding hydrogens is 253 g/mol. The lowest BCUT2D eigenvalue weighted by Crippen LogP contribution is -2.50. The van der Waals surface area contributed by atoms with Gasteiger partial charge in [0.15, 0.2) is 0 Å². The predicted octanol–water partition coefficient (Wildman–Crippen LogP) is 3.54. The molecule has 0 amide bonds. The standard InChI is InChI=1S/C14H19Cl2N/c1-2-14(9-15,10-16)17-8-12-7-11-5-3-4-6-13(11)12/h3-6,12,17H,2,7-10H2,1H3. The number of hydrogen-bond acceptors (Lipinski definition) is 1. The summed E-state index contributed by atoms with van der Waals surface area (Å²) in [5, 5.41) is 3.56. The number of rotatable bonds is 6. The van der Waals surface area contributed by atoms with Gasteiger partial charge in [0.05, 0.1) is 0 Å². The fourth-order valence-corrected chi connectivity index (χ4v) is 3.18. The Morgan fingerprint density at radius 1 is 1.29 bits per heavy atom. The van der Waals surface area contributed by atoms with Gasteiger partial charge in [-0.3, -0.25) is 0 Å². The molecule has 1 unspecified atom stereocenters. The highest BCUT2D eigenvalue weighted by Crippen LogP contribution is 2.34. The topological polar surface area (TPSA) is 12.0 Å². The van der Waals surface area contributed by atoms with Crippen LogP contribution in [0.4, 0.5) is 0 Å². The van der Waals surface area contributed by atoms with Crippen molar-refractivity contribution in [3.63, 3.8) is 0 Å². The summed E-state index contributed by atoms with van der Waals surface area (Å²) >= 11 is 12.0. The molecule has 1 aromatic carbocycles. The van der Waals surface area contributed by atoms with E-state index < -0.39 is 0 Å². The quantitative estimate of drug-likeness (QED) is 0.781. The second-order valence-corrected chi connectivity index (χ2v) is 5.42. The molecule has 0 fully saturated rings. The van der Waals surface area contributed by atoms with Gasteiger partial charge in [0.2, 0.25) is 0 Å². The molecule has 1 aromatic rings. The summed E-state index contributed by atoms with van der Waals surface area (Å²) in [6.45, 7) is 3.11. The van der Waals surface area contributed by atoms with Crippen LogP contribution in [0.1, 0.15) is 30.4 Å². The minimum absolute atomic E-state index is 0.104. The number of benzene rings is 1. The minimum atomic E-state index is -0.104. The minimum Gasteiger partial charge on any atom is -0.308 e. The lowest BCUT2D eigenvalue weighted by atomic mass is 9.77. The van der Waals surface area contributed by atoms with Crippen LogP contribution in [0.5, 0.6) is 0 Å². The summed E-state index contributed by atoms with van der Waals surface area (Å²) < 4.78 is 0. The Bertz CT molecular complexity index is 366. The maximum atomic E-state index is 6.02. The van der Waals surface area contributed by atoms with Crippen LogP contribution >= 0.6 is 23.2 Å². The molecule has 17 heavy (non-hydrogen) atoms. The van der Waals surface area contributed by atoms with Crippen molar-refractivity contribution in [3.05, 3.63) is 35.4 Å². The summed E-state index contributed by atoms with van der Waals surface area (Å²) in [6.07, 6.45) is 2.14. The van der Waals surface area contributed by atoms with Crippen LogP contribution in [0.25, 0.3) is 0 Å². The fraction of sp³-hybridized carbons (Fsp3) is 0.571. The molecule has 1 atom stereocenters. The van der Waals surface area contributed by atoms with Crippen molar-refractivity contribution in [2.75, 3.05) is 18.3 Å². The summed E-state index contributed by atoms with van der Waals surface area (Å²) in [5.41, 5.74) is 2.86. The zero-order valence-electron chi connectivity index (χ0n) is 10.2.